The van der Waals surface area contributed by atoms with E-state index in [9.17, 15) is 14.4 Å². The van der Waals surface area contributed by atoms with Gasteiger partial charge in [0.15, 0.2) is 0 Å². The predicted octanol–water partition coefficient (Wildman–Crippen LogP) is 0.843. The summed E-state index contributed by atoms with van der Waals surface area (Å²) in [5.41, 5.74) is 1.43. The quantitative estimate of drug-likeness (QED) is 0.455. The summed E-state index contributed by atoms with van der Waals surface area (Å²) in [7, 11) is 0. The highest BCUT2D eigenvalue weighted by atomic mass is 16.5. The summed E-state index contributed by atoms with van der Waals surface area (Å²) in [6.45, 7) is 6.05. The number of imide groups is 1. The second-order valence-corrected chi connectivity index (χ2v) is 6.89. The number of likely N-dealkylation sites (N-methyl/N-ethyl adjacent to an activating group) is 1. The van der Waals surface area contributed by atoms with Crippen LogP contribution < -0.4 is 15.4 Å². The molecule has 28 heavy (non-hydrogen) atoms. The molecule has 0 saturated carbocycles. The molecule has 8 nitrogen and oxygen atoms in total. The summed E-state index contributed by atoms with van der Waals surface area (Å²) in [6.07, 6.45) is 1.40. The third kappa shape index (κ3) is 4.88. The van der Waals surface area contributed by atoms with Crippen molar-refractivity contribution in [2.45, 2.75) is 38.8 Å². The van der Waals surface area contributed by atoms with E-state index >= 15 is 0 Å². The molecule has 0 spiro atoms. The summed E-state index contributed by atoms with van der Waals surface area (Å²) in [5, 5.41) is 5.50. The standard InChI is InChI=1S/C20H27N3O5/c1-2-21-8-11-27-9-3-10-28-15-4-5-16-14(12-15)13-23(20(16)26)17-6-7-18(24)22-19(17)25/h4-5,12,17,21H,2-3,6-11,13H2,1H3,(H,22,24,25). The average molecular weight is 389 g/mol. The van der Waals surface area contributed by atoms with Crippen molar-refractivity contribution in [1.29, 1.82) is 0 Å². The van der Waals surface area contributed by atoms with Gasteiger partial charge in [-0.3, -0.25) is 19.7 Å². The first-order valence-electron chi connectivity index (χ1n) is 9.79. The molecular formula is C20H27N3O5. The Morgan fingerprint density at radius 2 is 2.07 bits per heavy atom. The van der Waals surface area contributed by atoms with Gasteiger partial charge in [-0.2, -0.15) is 0 Å². The van der Waals surface area contributed by atoms with E-state index in [1.54, 1.807) is 12.1 Å². The van der Waals surface area contributed by atoms with Crippen LogP contribution in [-0.2, 0) is 20.9 Å². The molecule has 3 amide bonds. The number of amides is 3. The molecule has 3 rings (SSSR count). The molecule has 2 N–H and O–H groups in total. The van der Waals surface area contributed by atoms with Crippen LogP contribution in [0.1, 0.15) is 42.1 Å². The zero-order chi connectivity index (χ0) is 19.9. The number of carbonyl (C=O) groups is 3. The number of nitrogens with zero attached hydrogens (tertiary/aromatic N) is 1. The van der Waals surface area contributed by atoms with Crippen LogP contribution in [0, 0.1) is 0 Å². The molecular weight excluding hydrogens is 362 g/mol. The Bertz CT molecular complexity index is 737. The minimum Gasteiger partial charge on any atom is -0.493 e. The lowest BCUT2D eigenvalue weighted by Crippen LogP contribution is -2.52. The highest BCUT2D eigenvalue weighted by Gasteiger charge is 2.39. The van der Waals surface area contributed by atoms with E-state index in [2.05, 4.69) is 17.6 Å². The van der Waals surface area contributed by atoms with Crippen molar-refractivity contribution < 1.29 is 23.9 Å². The molecule has 8 heteroatoms. The van der Waals surface area contributed by atoms with Crippen LogP contribution in [0.5, 0.6) is 5.75 Å². The molecule has 2 aliphatic heterocycles. The Balaban J connectivity index is 1.48. The van der Waals surface area contributed by atoms with Gasteiger partial charge < -0.3 is 19.7 Å². The summed E-state index contributed by atoms with van der Waals surface area (Å²) in [4.78, 5) is 37.6. The summed E-state index contributed by atoms with van der Waals surface area (Å²) < 4.78 is 11.3. The van der Waals surface area contributed by atoms with Gasteiger partial charge in [0.1, 0.15) is 11.8 Å². The van der Waals surface area contributed by atoms with Gasteiger partial charge in [-0.05, 0) is 36.7 Å². The van der Waals surface area contributed by atoms with Gasteiger partial charge in [0.05, 0.1) is 13.2 Å². The highest BCUT2D eigenvalue weighted by Crippen LogP contribution is 2.30. The minimum atomic E-state index is -0.596. The zero-order valence-corrected chi connectivity index (χ0v) is 16.2. The number of nitrogens with one attached hydrogen (secondary N) is 2. The number of fused-ring (bicyclic) bond motifs is 1. The van der Waals surface area contributed by atoms with Crippen molar-refractivity contribution in [2.24, 2.45) is 0 Å². The number of benzene rings is 1. The van der Waals surface area contributed by atoms with E-state index in [0.29, 0.717) is 44.1 Å². The van der Waals surface area contributed by atoms with Crippen molar-refractivity contribution in [3.63, 3.8) is 0 Å². The maximum Gasteiger partial charge on any atom is 0.255 e. The molecule has 1 atom stereocenters. The van der Waals surface area contributed by atoms with Gasteiger partial charge in [-0.1, -0.05) is 6.92 Å². The van der Waals surface area contributed by atoms with Crippen molar-refractivity contribution in [3.8, 4) is 5.75 Å². The Morgan fingerprint density at radius 3 is 2.86 bits per heavy atom. The number of hydrogen-bond donors (Lipinski definition) is 2. The molecule has 2 aliphatic rings. The van der Waals surface area contributed by atoms with Gasteiger partial charge in [0, 0.05) is 38.1 Å². The van der Waals surface area contributed by atoms with Crippen molar-refractivity contribution in [3.05, 3.63) is 29.3 Å². The molecule has 1 fully saturated rings. The van der Waals surface area contributed by atoms with E-state index in [0.717, 1.165) is 25.1 Å². The molecule has 2 heterocycles. The first kappa shape index (κ1) is 20.3. The maximum atomic E-state index is 12.6. The molecule has 0 aliphatic carbocycles. The second-order valence-electron chi connectivity index (χ2n) is 6.89. The molecule has 1 unspecified atom stereocenters. The fraction of sp³-hybridized carbons (Fsp3) is 0.550. The molecule has 152 valence electrons. The minimum absolute atomic E-state index is 0.176. The van der Waals surface area contributed by atoms with Crippen LogP contribution in [0.25, 0.3) is 0 Å². The molecule has 0 bridgehead atoms. The lowest BCUT2D eigenvalue weighted by Gasteiger charge is -2.29. The normalized spacial score (nSPS) is 19.0. The van der Waals surface area contributed by atoms with E-state index in [1.807, 2.05) is 6.07 Å². The van der Waals surface area contributed by atoms with Crippen LogP contribution in [0.3, 0.4) is 0 Å². The first-order valence-corrected chi connectivity index (χ1v) is 9.79. The largest absolute Gasteiger partial charge is 0.493 e. The highest BCUT2D eigenvalue weighted by molar-refractivity contribution is 6.05. The smallest absolute Gasteiger partial charge is 0.255 e. The Labute approximate surface area is 164 Å². The van der Waals surface area contributed by atoms with Crippen molar-refractivity contribution >= 4 is 17.7 Å². The third-order valence-corrected chi connectivity index (χ3v) is 4.87. The monoisotopic (exact) mass is 389 g/mol. The Kier molecular flexibility index (Phi) is 7.00. The van der Waals surface area contributed by atoms with Crippen molar-refractivity contribution in [2.75, 3.05) is 32.9 Å². The fourth-order valence-electron chi connectivity index (χ4n) is 3.41. The zero-order valence-electron chi connectivity index (χ0n) is 16.2. The van der Waals surface area contributed by atoms with Gasteiger partial charge >= 0.3 is 0 Å². The SMILES string of the molecule is CCNCCOCCCOc1ccc2c(c1)CN(C1CCC(=O)NC1=O)C2=O. The number of hydrogen-bond acceptors (Lipinski definition) is 6. The van der Waals surface area contributed by atoms with Crippen molar-refractivity contribution in [1.82, 2.24) is 15.5 Å². The summed E-state index contributed by atoms with van der Waals surface area (Å²) >= 11 is 0. The van der Waals surface area contributed by atoms with Crippen LogP contribution >= 0.6 is 0 Å². The molecule has 0 aromatic heterocycles. The molecule has 1 aromatic carbocycles. The fourth-order valence-corrected chi connectivity index (χ4v) is 3.41. The van der Waals surface area contributed by atoms with Crippen LogP contribution in [0.4, 0.5) is 0 Å². The number of piperidine rings is 1. The molecule has 1 saturated heterocycles. The number of rotatable bonds is 10. The van der Waals surface area contributed by atoms with Gasteiger partial charge in [-0.25, -0.2) is 0 Å². The Morgan fingerprint density at radius 1 is 1.21 bits per heavy atom. The second kappa shape index (κ2) is 9.66. The van der Waals surface area contributed by atoms with Crippen LogP contribution in [0.15, 0.2) is 18.2 Å². The topological polar surface area (TPSA) is 97.0 Å². The van der Waals surface area contributed by atoms with Crippen LogP contribution in [-0.4, -0.2) is 61.6 Å². The summed E-state index contributed by atoms with van der Waals surface area (Å²) in [6, 6.07) is 4.77. The van der Waals surface area contributed by atoms with E-state index < -0.39 is 11.9 Å². The first-order chi connectivity index (χ1) is 13.6. The maximum absolute atomic E-state index is 12.6. The summed E-state index contributed by atoms with van der Waals surface area (Å²) in [5.74, 6) is -0.163. The number of ether oxygens (including phenoxy) is 2. The average Bonchev–Trinajstić information content (AvgIpc) is 3.00. The van der Waals surface area contributed by atoms with E-state index in [1.165, 1.54) is 4.90 Å². The number of carbonyl (C=O) groups excluding carboxylic acids is 3. The van der Waals surface area contributed by atoms with Crippen LogP contribution in [0.2, 0.25) is 0 Å². The van der Waals surface area contributed by atoms with Gasteiger partial charge in [0.2, 0.25) is 11.8 Å². The molecule has 0 radical (unpaired) electrons. The third-order valence-electron chi connectivity index (χ3n) is 4.87. The van der Waals surface area contributed by atoms with E-state index in [-0.39, 0.29) is 18.2 Å². The predicted molar refractivity (Wildman–Crippen MR) is 102 cm³/mol. The Hall–Kier alpha value is -2.45. The lowest BCUT2D eigenvalue weighted by molar-refractivity contribution is -0.136. The van der Waals surface area contributed by atoms with Gasteiger partial charge in [-0.15, -0.1) is 0 Å². The lowest BCUT2D eigenvalue weighted by atomic mass is 10.0. The van der Waals surface area contributed by atoms with E-state index in [4.69, 9.17) is 9.47 Å². The van der Waals surface area contributed by atoms with Gasteiger partial charge in [0.25, 0.3) is 5.91 Å². The molecule has 1 aromatic rings.